The molecule has 1 aromatic carbocycles. The smallest absolute Gasteiger partial charge is 0.236 e. The number of fused-ring (bicyclic) bond motifs is 1. The van der Waals surface area contributed by atoms with Crippen molar-refractivity contribution in [3.8, 4) is 17.5 Å². The first-order valence-electron chi connectivity index (χ1n) is 7.75. The number of amides is 1. The zero-order chi connectivity index (χ0) is 16.2. The molecule has 5 heteroatoms. The summed E-state index contributed by atoms with van der Waals surface area (Å²) in [5.41, 5.74) is 4.13. The van der Waals surface area contributed by atoms with E-state index in [1.807, 2.05) is 43.3 Å². The van der Waals surface area contributed by atoms with Crippen LogP contribution in [0, 0.1) is 18.3 Å². The first-order chi connectivity index (χ1) is 11.2. The average Bonchev–Trinajstić information content (AvgIpc) is 2.79. The van der Waals surface area contributed by atoms with E-state index in [-0.39, 0.29) is 12.3 Å². The summed E-state index contributed by atoms with van der Waals surface area (Å²) in [6, 6.07) is 11.8. The number of hydrogen-bond acceptors (Lipinski definition) is 4. The monoisotopic (exact) mass is 306 g/mol. The molecule has 0 spiro atoms. The van der Waals surface area contributed by atoms with E-state index < -0.39 is 0 Å². The molecule has 116 valence electrons. The molecule has 0 fully saturated rings. The van der Waals surface area contributed by atoms with Gasteiger partial charge in [0.05, 0.1) is 6.07 Å². The fraction of sp³-hybridized carbons (Fsp3) is 0.333. The first-order valence-corrected chi connectivity index (χ1v) is 7.75. The average molecular weight is 306 g/mol. The third-order valence-corrected chi connectivity index (χ3v) is 4.16. The number of rotatable bonds is 2. The molecule has 0 radical (unpaired) electrons. The van der Waals surface area contributed by atoms with Crippen LogP contribution in [-0.4, -0.2) is 33.9 Å². The molecular formula is C18H18N4O. The first kappa shape index (κ1) is 15.2. The van der Waals surface area contributed by atoms with Crippen LogP contribution in [0.2, 0.25) is 0 Å². The van der Waals surface area contributed by atoms with Gasteiger partial charge in [-0.25, -0.2) is 9.97 Å². The third kappa shape index (κ3) is 3.21. The molecule has 0 saturated heterocycles. The Balaban J connectivity index is 1.89. The van der Waals surface area contributed by atoms with Crippen LogP contribution >= 0.6 is 0 Å². The summed E-state index contributed by atoms with van der Waals surface area (Å²) in [6.45, 7) is 3.24. The van der Waals surface area contributed by atoms with Crippen molar-refractivity contribution in [3.63, 3.8) is 0 Å². The highest BCUT2D eigenvalue weighted by molar-refractivity contribution is 5.78. The van der Waals surface area contributed by atoms with Crippen molar-refractivity contribution in [2.45, 2.75) is 26.2 Å². The van der Waals surface area contributed by atoms with Crippen LogP contribution in [-0.2, 0) is 17.6 Å². The van der Waals surface area contributed by atoms with E-state index in [1.54, 1.807) is 4.90 Å². The highest BCUT2D eigenvalue weighted by atomic mass is 16.2. The molecule has 1 aliphatic heterocycles. The van der Waals surface area contributed by atoms with Gasteiger partial charge in [0, 0.05) is 36.5 Å². The van der Waals surface area contributed by atoms with Crippen molar-refractivity contribution in [2.75, 3.05) is 13.1 Å². The molecule has 0 atom stereocenters. The maximum Gasteiger partial charge on any atom is 0.236 e. The van der Waals surface area contributed by atoms with Crippen LogP contribution in [0.3, 0.4) is 0 Å². The predicted molar refractivity (Wildman–Crippen MR) is 86.4 cm³/mol. The zero-order valence-corrected chi connectivity index (χ0v) is 13.1. The molecule has 1 aliphatic rings. The fourth-order valence-corrected chi connectivity index (χ4v) is 2.93. The molecule has 0 unspecified atom stereocenters. The van der Waals surface area contributed by atoms with Crippen LogP contribution in [0.15, 0.2) is 30.3 Å². The molecule has 1 aromatic heterocycles. The number of hydrogen-bond donors (Lipinski definition) is 0. The Morgan fingerprint density at radius 2 is 1.96 bits per heavy atom. The SMILES string of the molecule is Cc1nc(-c2ccccc2)nc2c1CCN(C(=O)CC#N)CC2. The number of nitrogens with zero attached hydrogens (tertiary/aromatic N) is 4. The second-order valence-electron chi connectivity index (χ2n) is 5.64. The van der Waals surface area contributed by atoms with E-state index in [9.17, 15) is 4.79 Å². The molecule has 0 saturated carbocycles. The van der Waals surface area contributed by atoms with Crippen molar-refractivity contribution in [2.24, 2.45) is 0 Å². The normalized spacial score (nSPS) is 13.8. The summed E-state index contributed by atoms with van der Waals surface area (Å²) in [6.07, 6.45) is 1.39. The van der Waals surface area contributed by atoms with Gasteiger partial charge in [-0.15, -0.1) is 0 Å². The molecule has 0 N–H and O–H groups in total. The quantitative estimate of drug-likeness (QED) is 0.853. The standard InChI is InChI=1S/C18H18N4O/c1-13-15-8-11-22(17(23)7-10-19)12-9-16(15)21-18(20-13)14-5-3-2-4-6-14/h2-6H,7-9,11-12H2,1H3. The van der Waals surface area contributed by atoms with Crippen LogP contribution in [0.25, 0.3) is 11.4 Å². The van der Waals surface area contributed by atoms with Gasteiger partial charge < -0.3 is 4.90 Å². The van der Waals surface area contributed by atoms with Gasteiger partial charge in [0.15, 0.2) is 5.82 Å². The number of aryl methyl sites for hydroxylation is 1. The van der Waals surface area contributed by atoms with Gasteiger partial charge >= 0.3 is 0 Å². The summed E-state index contributed by atoms with van der Waals surface area (Å²) in [5, 5.41) is 8.70. The van der Waals surface area contributed by atoms with Gasteiger partial charge in [0.25, 0.3) is 0 Å². The highest BCUT2D eigenvalue weighted by Gasteiger charge is 2.21. The highest BCUT2D eigenvalue weighted by Crippen LogP contribution is 2.22. The van der Waals surface area contributed by atoms with E-state index in [0.29, 0.717) is 19.5 Å². The molecule has 3 rings (SSSR count). The third-order valence-electron chi connectivity index (χ3n) is 4.16. The molecule has 2 heterocycles. The lowest BCUT2D eigenvalue weighted by molar-refractivity contribution is -0.130. The van der Waals surface area contributed by atoms with Crippen LogP contribution < -0.4 is 0 Å². The van der Waals surface area contributed by atoms with Crippen molar-refractivity contribution < 1.29 is 4.79 Å². The van der Waals surface area contributed by atoms with Crippen LogP contribution in [0.5, 0.6) is 0 Å². The lowest BCUT2D eigenvalue weighted by atomic mass is 10.1. The molecule has 0 aliphatic carbocycles. The van der Waals surface area contributed by atoms with E-state index >= 15 is 0 Å². The fourth-order valence-electron chi connectivity index (χ4n) is 2.93. The van der Waals surface area contributed by atoms with Crippen molar-refractivity contribution in [1.29, 1.82) is 5.26 Å². The van der Waals surface area contributed by atoms with Crippen molar-refractivity contribution in [3.05, 3.63) is 47.3 Å². The van der Waals surface area contributed by atoms with E-state index in [2.05, 4.69) is 4.98 Å². The minimum atomic E-state index is -0.103. The second kappa shape index (κ2) is 6.57. The van der Waals surface area contributed by atoms with Gasteiger partial charge in [-0.2, -0.15) is 5.26 Å². The maximum atomic E-state index is 11.9. The maximum absolute atomic E-state index is 11.9. The minimum Gasteiger partial charge on any atom is -0.341 e. The topological polar surface area (TPSA) is 69.9 Å². The molecule has 5 nitrogen and oxygen atoms in total. The molecule has 1 amide bonds. The summed E-state index contributed by atoms with van der Waals surface area (Å²) in [4.78, 5) is 23.1. The van der Waals surface area contributed by atoms with Crippen LogP contribution in [0.4, 0.5) is 0 Å². The Kier molecular flexibility index (Phi) is 4.33. The van der Waals surface area contributed by atoms with Crippen molar-refractivity contribution in [1.82, 2.24) is 14.9 Å². The largest absolute Gasteiger partial charge is 0.341 e. The van der Waals surface area contributed by atoms with Gasteiger partial charge in [-0.05, 0) is 18.9 Å². The number of carbonyl (C=O) groups excluding carboxylic acids is 1. The Labute approximate surface area is 135 Å². The number of aromatic nitrogens is 2. The zero-order valence-electron chi connectivity index (χ0n) is 13.1. The lowest BCUT2D eigenvalue weighted by Crippen LogP contribution is -2.32. The Hall–Kier alpha value is -2.74. The van der Waals surface area contributed by atoms with Gasteiger partial charge in [-0.3, -0.25) is 4.79 Å². The van der Waals surface area contributed by atoms with Gasteiger partial charge in [0.1, 0.15) is 6.42 Å². The molecule has 2 aromatic rings. The van der Waals surface area contributed by atoms with E-state index in [1.165, 1.54) is 0 Å². The lowest BCUT2D eigenvalue weighted by Gasteiger charge is -2.18. The summed E-state index contributed by atoms with van der Waals surface area (Å²) in [5.74, 6) is 0.632. The number of benzene rings is 1. The van der Waals surface area contributed by atoms with E-state index in [0.717, 1.165) is 34.8 Å². The predicted octanol–water partition coefficient (Wildman–Crippen LogP) is 2.29. The molecule has 23 heavy (non-hydrogen) atoms. The second-order valence-corrected chi connectivity index (χ2v) is 5.64. The van der Waals surface area contributed by atoms with Gasteiger partial charge in [-0.1, -0.05) is 30.3 Å². The Bertz CT molecular complexity index is 765. The summed E-state index contributed by atoms with van der Waals surface area (Å²) >= 11 is 0. The number of carbonyl (C=O) groups is 1. The Morgan fingerprint density at radius 3 is 2.70 bits per heavy atom. The van der Waals surface area contributed by atoms with Gasteiger partial charge in [0.2, 0.25) is 5.91 Å². The summed E-state index contributed by atoms with van der Waals surface area (Å²) in [7, 11) is 0. The minimum absolute atomic E-state index is 0.0593. The van der Waals surface area contributed by atoms with E-state index in [4.69, 9.17) is 10.2 Å². The van der Waals surface area contributed by atoms with Crippen LogP contribution in [0.1, 0.15) is 23.4 Å². The van der Waals surface area contributed by atoms with Crippen molar-refractivity contribution >= 4 is 5.91 Å². The molecule has 0 bridgehead atoms. The summed E-state index contributed by atoms with van der Waals surface area (Å²) < 4.78 is 0. The number of nitriles is 1. The Morgan fingerprint density at radius 1 is 1.22 bits per heavy atom. The molecular weight excluding hydrogens is 288 g/mol.